The highest BCUT2D eigenvalue weighted by Gasteiger charge is 2.02. The average Bonchev–Trinajstić information content (AvgIpc) is 2.56. The van der Waals surface area contributed by atoms with Crippen LogP contribution >= 0.6 is 0 Å². The van der Waals surface area contributed by atoms with E-state index in [0.717, 1.165) is 17.9 Å². The number of rotatable bonds is 5. The van der Waals surface area contributed by atoms with Gasteiger partial charge in [0.15, 0.2) is 0 Å². The van der Waals surface area contributed by atoms with Crippen LogP contribution in [0.25, 0.3) is 0 Å². The zero-order valence-electron chi connectivity index (χ0n) is 12.9. The Morgan fingerprint density at radius 2 is 1.22 bits per heavy atom. The van der Waals surface area contributed by atoms with Crippen molar-refractivity contribution in [3.05, 3.63) is 68.8 Å². The van der Waals surface area contributed by atoms with E-state index in [9.17, 15) is 20.2 Å². The molecular weight excluding hydrogens is 300 g/mol. The minimum atomic E-state index is -0.417. The lowest BCUT2D eigenvalue weighted by molar-refractivity contribution is -0.385. The van der Waals surface area contributed by atoms with Gasteiger partial charge in [-0.05, 0) is 31.2 Å². The molecule has 2 rings (SSSR count). The van der Waals surface area contributed by atoms with E-state index in [2.05, 4.69) is 10.6 Å². The SMILES string of the molecule is CCNc1ccc([N+](=O)[O-])cc1.CNc1ccc([N+](=O)[O-])cc1. The molecule has 0 aliphatic rings. The third-order valence-electron chi connectivity index (χ3n) is 2.83. The molecule has 0 aliphatic carbocycles. The number of nitro benzene ring substituents is 2. The molecule has 23 heavy (non-hydrogen) atoms. The Labute approximate surface area is 133 Å². The molecule has 0 heterocycles. The van der Waals surface area contributed by atoms with Crippen LogP contribution in [-0.4, -0.2) is 23.4 Å². The molecule has 0 aliphatic heterocycles. The second kappa shape index (κ2) is 8.98. The van der Waals surface area contributed by atoms with Crippen LogP contribution in [0.4, 0.5) is 22.7 Å². The number of hydrogen-bond acceptors (Lipinski definition) is 6. The van der Waals surface area contributed by atoms with Crippen LogP contribution in [0.2, 0.25) is 0 Å². The number of non-ortho nitro benzene ring substituents is 2. The zero-order chi connectivity index (χ0) is 17.2. The molecule has 0 amide bonds. The van der Waals surface area contributed by atoms with Crippen molar-refractivity contribution in [3.63, 3.8) is 0 Å². The molecule has 8 heteroatoms. The number of nitrogens with one attached hydrogen (secondary N) is 2. The molecule has 2 aromatic rings. The molecule has 0 atom stereocenters. The first-order valence-corrected chi connectivity index (χ1v) is 6.88. The average molecular weight is 318 g/mol. The van der Waals surface area contributed by atoms with Gasteiger partial charge < -0.3 is 10.6 Å². The van der Waals surface area contributed by atoms with E-state index in [0.29, 0.717) is 0 Å². The van der Waals surface area contributed by atoms with Crippen LogP contribution in [0.15, 0.2) is 48.5 Å². The van der Waals surface area contributed by atoms with Crippen molar-refractivity contribution in [2.45, 2.75) is 6.92 Å². The lowest BCUT2D eigenvalue weighted by atomic mass is 10.3. The molecule has 0 unspecified atom stereocenters. The summed E-state index contributed by atoms with van der Waals surface area (Å²) in [5.74, 6) is 0. The number of nitrogens with zero attached hydrogens (tertiary/aromatic N) is 2. The van der Waals surface area contributed by atoms with Gasteiger partial charge in [0.1, 0.15) is 0 Å². The Morgan fingerprint density at radius 1 is 0.826 bits per heavy atom. The van der Waals surface area contributed by atoms with Crippen LogP contribution in [0.1, 0.15) is 6.92 Å². The zero-order valence-corrected chi connectivity index (χ0v) is 12.9. The van der Waals surface area contributed by atoms with Gasteiger partial charge in [-0.1, -0.05) is 0 Å². The van der Waals surface area contributed by atoms with Gasteiger partial charge in [0.05, 0.1) is 9.85 Å². The smallest absolute Gasteiger partial charge is 0.269 e. The monoisotopic (exact) mass is 318 g/mol. The van der Waals surface area contributed by atoms with Crippen LogP contribution in [0.3, 0.4) is 0 Å². The number of nitro groups is 2. The molecule has 2 aromatic carbocycles. The second-order valence-electron chi connectivity index (χ2n) is 4.39. The summed E-state index contributed by atoms with van der Waals surface area (Å²) in [5, 5.41) is 26.4. The van der Waals surface area contributed by atoms with E-state index >= 15 is 0 Å². The van der Waals surface area contributed by atoms with Crippen LogP contribution in [-0.2, 0) is 0 Å². The topological polar surface area (TPSA) is 110 Å². The maximum Gasteiger partial charge on any atom is 0.269 e. The number of benzene rings is 2. The number of hydrogen-bond donors (Lipinski definition) is 2. The van der Waals surface area contributed by atoms with E-state index in [4.69, 9.17) is 0 Å². The third-order valence-corrected chi connectivity index (χ3v) is 2.83. The first-order valence-electron chi connectivity index (χ1n) is 6.88. The van der Waals surface area contributed by atoms with Gasteiger partial charge in [0, 0.05) is 49.2 Å². The third kappa shape index (κ3) is 6.00. The molecule has 122 valence electrons. The quantitative estimate of drug-likeness (QED) is 0.643. The number of anilines is 2. The van der Waals surface area contributed by atoms with Crippen molar-refractivity contribution in [1.82, 2.24) is 0 Å². The standard InChI is InChI=1S/C8H10N2O2.C7H8N2O2/c1-2-9-7-3-5-8(6-4-7)10(11)12;1-8-6-2-4-7(5-3-6)9(10)11/h3-6,9H,2H2,1H3;2-5,8H,1H3. The van der Waals surface area contributed by atoms with Crippen molar-refractivity contribution >= 4 is 22.7 Å². The fourth-order valence-electron chi connectivity index (χ4n) is 1.65. The molecule has 0 fully saturated rings. The fourth-order valence-corrected chi connectivity index (χ4v) is 1.65. The highest BCUT2D eigenvalue weighted by atomic mass is 16.6. The minimum Gasteiger partial charge on any atom is -0.388 e. The summed E-state index contributed by atoms with van der Waals surface area (Å²) >= 11 is 0. The predicted molar refractivity (Wildman–Crippen MR) is 89.9 cm³/mol. The van der Waals surface area contributed by atoms with Gasteiger partial charge in [-0.2, -0.15) is 0 Å². The summed E-state index contributed by atoms with van der Waals surface area (Å²) in [6, 6.07) is 12.6. The molecule has 0 spiro atoms. The molecule has 0 bridgehead atoms. The van der Waals surface area contributed by atoms with Crippen LogP contribution < -0.4 is 10.6 Å². The van der Waals surface area contributed by atoms with Crippen molar-refractivity contribution in [2.24, 2.45) is 0 Å². The lowest BCUT2D eigenvalue weighted by Gasteiger charge is -2.00. The Balaban J connectivity index is 0.000000231. The summed E-state index contributed by atoms with van der Waals surface area (Å²) in [4.78, 5) is 19.6. The summed E-state index contributed by atoms with van der Waals surface area (Å²) in [6.07, 6.45) is 0. The lowest BCUT2D eigenvalue weighted by Crippen LogP contribution is -1.96. The first-order chi connectivity index (χ1) is 11.0. The molecule has 2 N–H and O–H groups in total. The van der Waals surface area contributed by atoms with E-state index in [1.54, 1.807) is 31.3 Å². The maximum atomic E-state index is 10.3. The Kier molecular flexibility index (Phi) is 6.99. The maximum absolute atomic E-state index is 10.3. The summed E-state index contributed by atoms with van der Waals surface area (Å²) in [7, 11) is 1.77. The van der Waals surface area contributed by atoms with Crippen molar-refractivity contribution in [3.8, 4) is 0 Å². The Bertz CT molecular complexity index is 642. The van der Waals surface area contributed by atoms with Gasteiger partial charge in [-0.3, -0.25) is 20.2 Å². The van der Waals surface area contributed by atoms with Gasteiger partial charge in [0.2, 0.25) is 0 Å². The normalized spacial score (nSPS) is 9.30. The molecule has 0 saturated carbocycles. The second-order valence-corrected chi connectivity index (χ2v) is 4.39. The first kappa shape index (κ1) is 17.9. The van der Waals surface area contributed by atoms with Crippen molar-refractivity contribution in [1.29, 1.82) is 0 Å². The van der Waals surface area contributed by atoms with Crippen LogP contribution in [0, 0.1) is 20.2 Å². The summed E-state index contributed by atoms with van der Waals surface area (Å²) in [5.41, 5.74) is 2.01. The van der Waals surface area contributed by atoms with E-state index in [1.165, 1.54) is 24.3 Å². The molecule has 0 saturated heterocycles. The summed E-state index contributed by atoms with van der Waals surface area (Å²) in [6.45, 7) is 2.79. The van der Waals surface area contributed by atoms with E-state index in [1.807, 2.05) is 6.92 Å². The van der Waals surface area contributed by atoms with Crippen LogP contribution in [0.5, 0.6) is 0 Å². The minimum absolute atomic E-state index is 0.115. The van der Waals surface area contributed by atoms with Crippen molar-refractivity contribution in [2.75, 3.05) is 24.2 Å². The molecule has 8 nitrogen and oxygen atoms in total. The Morgan fingerprint density at radius 3 is 1.52 bits per heavy atom. The largest absolute Gasteiger partial charge is 0.388 e. The molecular formula is C15H18N4O4. The molecule has 0 radical (unpaired) electrons. The predicted octanol–water partition coefficient (Wildman–Crippen LogP) is 3.66. The highest BCUT2D eigenvalue weighted by Crippen LogP contribution is 2.15. The van der Waals surface area contributed by atoms with E-state index in [-0.39, 0.29) is 11.4 Å². The van der Waals surface area contributed by atoms with E-state index < -0.39 is 9.85 Å². The van der Waals surface area contributed by atoms with Gasteiger partial charge >= 0.3 is 0 Å². The van der Waals surface area contributed by atoms with Crippen molar-refractivity contribution < 1.29 is 9.85 Å². The van der Waals surface area contributed by atoms with Gasteiger partial charge in [-0.15, -0.1) is 0 Å². The van der Waals surface area contributed by atoms with Gasteiger partial charge in [-0.25, -0.2) is 0 Å². The summed E-state index contributed by atoms with van der Waals surface area (Å²) < 4.78 is 0. The Hall–Kier alpha value is -3.16. The highest BCUT2D eigenvalue weighted by molar-refractivity contribution is 5.48. The molecule has 0 aromatic heterocycles. The van der Waals surface area contributed by atoms with Gasteiger partial charge in [0.25, 0.3) is 11.4 Å². The fraction of sp³-hybridized carbons (Fsp3) is 0.200.